The summed E-state index contributed by atoms with van der Waals surface area (Å²) in [5, 5.41) is 2.92. The summed E-state index contributed by atoms with van der Waals surface area (Å²) in [6.45, 7) is 3.23. The number of rotatable bonds is 6. The number of carbonyl (C=O) groups is 1. The minimum atomic E-state index is -0.538. The molecule has 1 amide bonds. The summed E-state index contributed by atoms with van der Waals surface area (Å²) in [5.41, 5.74) is 5.97. The van der Waals surface area contributed by atoms with Gasteiger partial charge in [0.05, 0.1) is 6.61 Å². The second-order valence-corrected chi connectivity index (χ2v) is 4.49. The monoisotopic (exact) mass is 214 g/mol. The maximum absolute atomic E-state index is 11.5. The number of nitrogens with two attached hydrogens (primary N) is 1. The lowest BCUT2D eigenvalue weighted by molar-refractivity contribution is -0.124. The number of methoxy groups -OCH3 is 1. The molecule has 4 heteroatoms. The van der Waals surface area contributed by atoms with Crippen molar-refractivity contribution >= 4 is 5.91 Å². The molecule has 1 fully saturated rings. The fourth-order valence-corrected chi connectivity index (χ4v) is 1.99. The number of amides is 1. The van der Waals surface area contributed by atoms with Gasteiger partial charge < -0.3 is 15.8 Å². The average Bonchev–Trinajstić information content (AvgIpc) is 2.17. The lowest BCUT2D eigenvalue weighted by atomic mass is 9.67. The Morgan fingerprint density at radius 3 is 2.67 bits per heavy atom. The Bertz CT molecular complexity index is 209. The fourth-order valence-electron chi connectivity index (χ4n) is 1.99. The predicted molar refractivity (Wildman–Crippen MR) is 59.4 cm³/mol. The molecule has 0 aromatic heterocycles. The van der Waals surface area contributed by atoms with Gasteiger partial charge in [0.15, 0.2) is 0 Å². The van der Waals surface area contributed by atoms with Gasteiger partial charge in [-0.1, -0.05) is 13.3 Å². The van der Waals surface area contributed by atoms with Gasteiger partial charge in [-0.3, -0.25) is 4.79 Å². The third-order valence-corrected chi connectivity index (χ3v) is 3.48. The van der Waals surface area contributed by atoms with Crippen LogP contribution in [0.4, 0.5) is 0 Å². The Hall–Kier alpha value is -0.610. The lowest BCUT2D eigenvalue weighted by Gasteiger charge is -2.41. The van der Waals surface area contributed by atoms with Crippen LogP contribution in [0.5, 0.6) is 0 Å². The largest absolute Gasteiger partial charge is 0.383 e. The summed E-state index contributed by atoms with van der Waals surface area (Å²) in [5.74, 6) is -0.100. The van der Waals surface area contributed by atoms with E-state index in [1.54, 1.807) is 7.11 Å². The van der Waals surface area contributed by atoms with Gasteiger partial charge in [-0.15, -0.1) is 0 Å². The average molecular weight is 214 g/mol. The molecule has 0 bridgehead atoms. The minimum Gasteiger partial charge on any atom is -0.383 e. The quantitative estimate of drug-likeness (QED) is 0.682. The molecule has 0 aromatic rings. The summed E-state index contributed by atoms with van der Waals surface area (Å²) >= 11 is 0. The van der Waals surface area contributed by atoms with Gasteiger partial charge >= 0.3 is 0 Å². The van der Waals surface area contributed by atoms with Crippen molar-refractivity contribution in [3.8, 4) is 0 Å². The molecule has 88 valence electrons. The topological polar surface area (TPSA) is 64.4 Å². The summed E-state index contributed by atoms with van der Waals surface area (Å²) in [6, 6.07) is -0.538. The first-order valence-corrected chi connectivity index (χ1v) is 5.66. The SMILES string of the molecule is CCC1(CNC(=O)C(N)COC)CCC1. The van der Waals surface area contributed by atoms with Crippen molar-refractivity contribution in [3.05, 3.63) is 0 Å². The second kappa shape index (κ2) is 5.47. The van der Waals surface area contributed by atoms with E-state index in [9.17, 15) is 4.79 Å². The van der Waals surface area contributed by atoms with Crippen LogP contribution in [-0.4, -0.2) is 32.2 Å². The Labute approximate surface area is 91.5 Å². The molecule has 1 rings (SSSR count). The standard InChI is InChI=1S/C11H22N2O2/c1-3-11(5-4-6-11)8-13-10(14)9(12)7-15-2/h9H,3-8,12H2,1-2H3,(H,13,14). The highest BCUT2D eigenvalue weighted by molar-refractivity contribution is 5.81. The molecule has 1 unspecified atom stereocenters. The highest BCUT2D eigenvalue weighted by Crippen LogP contribution is 2.42. The molecule has 1 aliphatic rings. The van der Waals surface area contributed by atoms with E-state index < -0.39 is 6.04 Å². The zero-order valence-corrected chi connectivity index (χ0v) is 9.71. The molecule has 0 heterocycles. The number of nitrogens with one attached hydrogen (secondary N) is 1. The molecule has 0 aliphatic heterocycles. The second-order valence-electron chi connectivity index (χ2n) is 4.49. The number of hydrogen-bond acceptors (Lipinski definition) is 3. The molecule has 0 radical (unpaired) electrons. The zero-order valence-electron chi connectivity index (χ0n) is 9.71. The van der Waals surface area contributed by atoms with Crippen molar-refractivity contribution in [1.82, 2.24) is 5.32 Å². The Morgan fingerprint density at radius 1 is 1.60 bits per heavy atom. The van der Waals surface area contributed by atoms with Crippen molar-refractivity contribution in [2.75, 3.05) is 20.3 Å². The van der Waals surface area contributed by atoms with Crippen molar-refractivity contribution < 1.29 is 9.53 Å². The summed E-state index contributed by atoms with van der Waals surface area (Å²) < 4.78 is 4.84. The molecule has 0 aromatic carbocycles. The lowest BCUT2D eigenvalue weighted by Crippen LogP contribution is -2.48. The van der Waals surface area contributed by atoms with Gasteiger partial charge in [0, 0.05) is 13.7 Å². The van der Waals surface area contributed by atoms with E-state index in [1.165, 1.54) is 19.3 Å². The Morgan fingerprint density at radius 2 is 2.27 bits per heavy atom. The predicted octanol–water partition coefficient (Wildman–Crippen LogP) is 0.657. The molecule has 0 spiro atoms. The first-order chi connectivity index (χ1) is 7.13. The van der Waals surface area contributed by atoms with E-state index in [0.29, 0.717) is 5.41 Å². The summed E-state index contributed by atoms with van der Waals surface area (Å²) in [4.78, 5) is 11.5. The first kappa shape index (κ1) is 12.5. The van der Waals surface area contributed by atoms with Crippen molar-refractivity contribution in [3.63, 3.8) is 0 Å². The Kier molecular flexibility index (Phi) is 4.54. The van der Waals surface area contributed by atoms with Crippen molar-refractivity contribution in [2.24, 2.45) is 11.1 Å². The maximum Gasteiger partial charge on any atom is 0.239 e. The van der Waals surface area contributed by atoms with Crippen molar-refractivity contribution in [2.45, 2.75) is 38.6 Å². The summed E-state index contributed by atoms with van der Waals surface area (Å²) in [7, 11) is 1.55. The molecule has 0 saturated heterocycles. The van der Waals surface area contributed by atoms with Gasteiger partial charge in [0.25, 0.3) is 0 Å². The molecule has 1 atom stereocenters. The molecule has 3 N–H and O–H groups in total. The smallest absolute Gasteiger partial charge is 0.239 e. The number of carbonyl (C=O) groups excluding carboxylic acids is 1. The fraction of sp³-hybridized carbons (Fsp3) is 0.909. The van der Waals surface area contributed by atoms with Crippen LogP contribution >= 0.6 is 0 Å². The third-order valence-electron chi connectivity index (χ3n) is 3.48. The van der Waals surface area contributed by atoms with Crippen molar-refractivity contribution in [1.29, 1.82) is 0 Å². The van der Waals surface area contributed by atoms with E-state index in [4.69, 9.17) is 10.5 Å². The minimum absolute atomic E-state index is 0.100. The number of hydrogen-bond donors (Lipinski definition) is 2. The van der Waals surface area contributed by atoms with Crippen LogP contribution in [0.3, 0.4) is 0 Å². The zero-order chi connectivity index (χ0) is 11.3. The van der Waals surface area contributed by atoms with Crippen LogP contribution in [-0.2, 0) is 9.53 Å². The van der Waals surface area contributed by atoms with Gasteiger partial charge in [-0.05, 0) is 24.7 Å². The molecule has 15 heavy (non-hydrogen) atoms. The van der Waals surface area contributed by atoms with Gasteiger partial charge in [0.1, 0.15) is 6.04 Å². The van der Waals surface area contributed by atoms with Gasteiger partial charge in [0.2, 0.25) is 5.91 Å². The van der Waals surface area contributed by atoms with E-state index in [-0.39, 0.29) is 12.5 Å². The van der Waals surface area contributed by atoms with Gasteiger partial charge in [-0.2, -0.15) is 0 Å². The third kappa shape index (κ3) is 3.18. The first-order valence-electron chi connectivity index (χ1n) is 5.66. The van der Waals surface area contributed by atoms with Crippen LogP contribution in [0.25, 0.3) is 0 Å². The van der Waals surface area contributed by atoms with E-state index in [2.05, 4.69) is 12.2 Å². The molecule has 4 nitrogen and oxygen atoms in total. The normalized spacial score (nSPS) is 20.5. The van der Waals surface area contributed by atoms with Crippen LogP contribution in [0.2, 0.25) is 0 Å². The summed E-state index contributed by atoms with van der Waals surface area (Å²) in [6.07, 6.45) is 4.87. The van der Waals surface area contributed by atoms with Crippen LogP contribution in [0.15, 0.2) is 0 Å². The maximum atomic E-state index is 11.5. The van der Waals surface area contributed by atoms with Crippen LogP contribution in [0.1, 0.15) is 32.6 Å². The molecular formula is C11H22N2O2. The van der Waals surface area contributed by atoms with Gasteiger partial charge in [-0.25, -0.2) is 0 Å². The van der Waals surface area contributed by atoms with Crippen LogP contribution in [0, 0.1) is 5.41 Å². The highest BCUT2D eigenvalue weighted by Gasteiger charge is 2.35. The van der Waals surface area contributed by atoms with Crippen LogP contribution < -0.4 is 11.1 Å². The van der Waals surface area contributed by atoms with E-state index in [1.807, 2.05) is 0 Å². The number of ether oxygens (including phenoxy) is 1. The molecular weight excluding hydrogens is 192 g/mol. The van der Waals surface area contributed by atoms with E-state index in [0.717, 1.165) is 13.0 Å². The highest BCUT2D eigenvalue weighted by atomic mass is 16.5. The van der Waals surface area contributed by atoms with E-state index >= 15 is 0 Å². The molecule has 1 aliphatic carbocycles. The molecule has 1 saturated carbocycles. The Balaban J connectivity index is 2.26.